The third-order valence-electron chi connectivity index (χ3n) is 2.26. The minimum atomic E-state index is -2.88. The molecule has 0 radical (unpaired) electrons. The van der Waals surface area contributed by atoms with Crippen molar-refractivity contribution in [1.82, 2.24) is 5.32 Å². The molecule has 0 saturated heterocycles. The average Bonchev–Trinajstić information content (AvgIpc) is 2.28. The maximum atomic E-state index is 13.6. The Balaban J connectivity index is 3.13. The summed E-state index contributed by atoms with van der Waals surface area (Å²) < 4.78 is 52.6. The molecule has 1 atom stereocenters. The summed E-state index contributed by atoms with van der Waals surface area (Å²) in [6, 6.07) is 0.481. The standard InChI is InChI=1S/C11H12BrF4N/c1-2-5-17-10(11(15)16)8-7(13)4-3-6(12)9(8)14/h3-4,10-11,17H,2,5H2,1H3. The molecule has 0 aliphatic carbocycles. The number of nitrogens with one attached hydrogen (secondary N) is 1. The lowest BCUT2D eigenvalue weighted by Gasteiger charge is -2.19. The molecule has 1 unspecified atom stereocenters. The van der Waals surface area contributed by atoms with Crippen molar-refractivity contribution in [3.63, 3.8) is 0 Å². The fourth-order valence-corrected chi connectivity index (χ4v) is 1.79. The Labute approximate surface area is 105 Å². The zero-order valence-electron chi connectivity index (χ0n) is 9.11. The topological polar surface area (TPSA) is 12.0 Å². The smallest absolute Gasteiger partial charge is 0.258 e. The first kappa shape index (κ1) is 14.4. The van der Waals surface area contributed by atoms with Crippen molar-refractivity contribution in [2.45, 2.75) is 25.8 Å². The largest absolute Gasteiger partial charge is 0.305 e. The summed E-state index contributed by atoms with van der Waals surface area (Å²) in [6.45, 7) is 2.05. The molecule has 0 aliphatic heterocycles. The van der Waals surface area contributed by atoms with Crippen LogP contribution in [-0.4, -0.2) is 13.0 Å². The molecule has 17 heavy (non-hydrogen) atoms. The summed E-state index contributed by atoms with van der Waals surface area (Å²) in [5.41, 5.74) is -0.622. The Kier molecular flexibility index (Phi) is 5.39. The van der Waals surface area contributed by atoms with Crippen LogP contribution in [-0.2, 0) is 0 Å². The SMILES string of the molecule is CCCNC(c1c(F)ccc(Br)c1F)C(F)F. The van der Waals surface area contributed by atoms with Gasteiger partial charge in [-0.2, -0.15) is 0 Å². The van der Waals surface area contributed by atoms with E-state index in [1.165, 1.54) is 0 Å². The molecule has 0 aromatic heterocycles. The van der Waals surface area contributed by atoms with Gasteiger partial charge in [0.05, 0.1) is 10.5 Å². The second kappa shape index (κ2) is 6.35. The summed E-state index contributed by atoms with van der Waals surface area (Å²) in [6.07, 6.45) is -2.28. The normalized spacial score (nSPS) is 13.1. The minimum Gasteiger partial charge on any atom is -0.305 e. The number of hydrogen-bond donors (Lipinski definition) is 1. The molecule has 0 aliphatic rings. The number of alkyl halides is 2. The molecule has 1 rings (SSSR count). The third kappa shape index (κ3) is 3.42. The lowest BCUT2D eigenvalue weighted by molar-refractivity contribution is 0.0947. The van der Waals surface area contributed by atoms with Crippen LogP contribution in [0.2, 0.25) is 0 Å². The van der Waals surface area contributed by atoms with Gasteiger partial charge < -0.3 is 5.32 Å². The molecule has 1 aromatic carbocycles. The van der Waals surface area contributed by atoms with Crippen LogP contribution < -0.4 is 5.32 Å². The highest BCUT2D eigenvalue weighted by molar-refractivity contribution is 9.10. The molecule has 96 valence electrons. The van der Waals surface area contributed by atoms with E-state index in [-0.39, 0.29) is 11.0 Å². The van der Waals surface area contributed by atoms with Crippen LogP contribution in [0.4, 0.5) is 17.6 Å². The fourth-order valence-electron chi connectivity index (χ4n) is 1.44. The number of halogens is 5. The molecule has 0 fully saturated rings. The molecular weight excluding hydrogens is 302 g/mol. The first-order valence-corrected chi connectivity index (χ1v) is 5.93. The maximum absolute atomic E-state index is 13.6. The van der Waals surface area contributed by atoms with Crippen LogP contribution in [0.1, 0.15) is 24.9 Å². The summed E-state index contributed by atoms with van der Waals surface area (Å²) in [7, 11) is 0. The van der Waals surface area contributed by atoms with Crippen molar-refractivity contribution in [3.05, 3.63) is 33.8 Å². The van der Waals surface area contributed by atoms with Crippen LogP contribution in [0.5, 0.6) is 0 Å². The zero-order valence-corrected chi connectivity index (χ0v) is 10.7. The van der Waals surface area contributed by atoms with E-state index in [0.29, 0.717) is 6.42 Å². The van der Waals surface area contributed by atoms with Crippen molar-refractivity contribution in [2.75, 3.05) is 6.54 Å². The highest BCUT2D eigenvalue weighted by atomic mass is 79.9. The first-order valence-electron chi connectivity index (χ1n) is 5.14. The van der Waals surface area contributed by atoms with Gasteiger partial charge in [0.25, 0.3) is 6.43 Å². The first-order chi connectivity index (χ1) is 7.99. The molecule has 0 spiro atoms. The van der Waals surface area contributed by atoms with Crippen LogP contribution in [0.25, 0.3) is 0 Å². The molecule has 0 heterocycles. The van der Waals surface area contributed by atoms with Gasteiger partial charge in [0.15, 0.2) is 0 Å². The van der Waals surface area contributed by atoms with Gasteiger partial charge >= 0.3 is 0 Å². The Morgan fingerprint density at radius 1 is 1.29 bits per heavy atom. The molecule has 1 aromatic rings. The van der Waals surface area contributed by atoms with E-state index in [1.54, 1.807) is 6.92 Å². The quantitative estimate of drug-likeness (QED) is 0.639. The molecular formula is C11H12BrF4N. The fraction of sp³-hybridized carbons (Fsp3) is 0.455. The predicted octanol–water partition coefficient (Wildman–Crippen LogP) is 4.03. The van der Waals surface area contributed by atoms with Gasteiger partial charge in [0.2, 0.25) is 0 Å². The Morgan fingerprint density at radius 3 is 2.47 bits per heavy atom. The van der Waals surface area contributed by atoms with Crippen LogP contribution in [0.15, 0.2) is 16.6 Å². The number of rotatable bonds is 5. The van der Waals surface area contributed by atoms with Crippen LogP contribution in [0.3, 0.4) is 0 Å². The second-order valence-electron chi connectivity index (χ2n) is 3.52. The number of benzene rings is 1. The molecule has 0 bridgehead atoms. The summed E-state index contributed by atoms with van der Waals surface area (Å²) in [5.74, 6) is -1.96. The average molecular weight is 314 g/mol. The molecule has 1 N–H and O–H groups in total. The summed E-state index contributed by atoms with van der Waals surface area (Å²) in [4.78, 5) is 0. The van der Waals surface area contributed by atoms with Crippen molar-refractivity contribution in [2.24, 2.45) is 0 Å². The summed E-state index contributed by atoms with van der Waals surface area (Å²) >= 11 is 2.85. The summed E-state index contributed by atoms with van der Waals surface area (Å²) in [5, 5.41) is 2.44. The van der Waals surface area contributed by atoms with E-state index in [4.69, 9.17) is 0 Å². The van der Waals surface area contributed by atoms with Gasteiger partial charge in [-0.15, -0.1) is 0 Å². The molecule has 0 saturated carbocycles. The molecule has 6 heteroatoms. The third-order valence-corrected chi connectivity index (χ3v) is 2.87. The lowest BCUT2D eigenvalue weighted by Crippen LogP contribution is -2.29. The van der Waals surface area contributed by atoms with Crippen molar-refractivity contribution < 1.29 is 17.6 Å². The van der Waals surface area contributed by atoms with E-state index in [0.717, 1.165) is 12.1 Å². The monoisotopic (exact) mass is 313 g/mol. The van der Waals surface area contributed by atoms with E-state index in [9.17, 15) is 17.6 Å². The maximum Gasteiger partial charge on any atom is 0.258 e. The lowest BCUT2D eigenvalue weighted by atomic mass is 10.1. The van der Waals surface area contributed by atoms with Gasteiger partial charge in [0, 0.05) is 5.56 Å². The van der Waals surface area contributed by atoms with Crippen LogP contribution in [0, 0.1) is 11.6 Å². The Morgan fingerprint density at radius 2 is 1.94 bits per heavy atom. The van der Waals surface area contributed by atoms with E-state index < -0.39 is 29.7 Å². The minimum absolute atomic E-state index is 0.0298. The van der Waals surface area contributed by atoms with Gasteiger partial charge in [-0.3, -0.25) is 0 Å². The Bertz CT molecular complexity index is 384. The second-order valence-corrected chi connectivity index (χ2v) is 4.38. The van der Waals surface area contributed by atoms with Crippen LogP contribution >= 0.6 is 15.9 Å². The van der Waals surface area contributed by atoms with Gasteiger partial charge in [-0.25, -0.2) is 17.6 Å². The van der Waals surface area contributed by atoms with Crippen molar-refractivity contribution in [1.29, 1.82) is 0 Å². The van der Waals surface area contributed by atoms with E-state index in [2.05, 4.69) is 21.2 Å². The van der Waals surface area contributed by atoms with Gasteiger partial charge in [-0.1, -0.05) is 6.92 Å². The van der Waals surface area contributed by atoms with Crippen molar-refractivity contribution in [3.8, 4) is 0 Å². The number of hydrogen-bond acceptors (Lipinski definition) is 1. The van der Waals surface area contributed by atoms with E-state index in [1.807, 2.05) is 0 Å². The zero-order chi connectivity index (χ0) is 13.0. The van der Waals surface area contributed by atoms with Crippen molar-refractivity contribution >= 4 is 15.9 Å². The Hall–Kier alpha value is -0.620. The van der Waals surface area contributed by atoms with Gasteiger partial charge in [-0.05, 0) is 41.0 Å². The van der Waals surface area contributed by atoms with E-state index >= 15 is 0 Å². The van der Waals surface area contributed by atoms with Gasteiger partial charge in [0.1, 0.15) is 11.6 Å². The highest BCUT2D eigenvalue weighted by Crippen LogP contribution is 2.30. The molecule has 1 nitrogen and oxygen atoms in total. The predicted molar refractivity (Wildman–Crippen MR) is 61.1 cm³/mol. The molecule has 0 amide bonds. The highest BCUT2D eigenvalue weighted by Gasteiger charge is 2.28.